The molecule has 0 N–H and O–H groups in total. The Hall–Kier alpha value is -1.33. The van der Waals surface area contributed by atoms with Crippen LogP contribution in [0.15, 0.2) is 24.3 Å². The van der Waals surface area contributed by atoms with E-state index in [0.717, 1.165) is 24.0 Å². The SMILES string of the molecule is CCOC1CCC2CC(c3ccc(C#N)cc3)CCC2C1. The lowest BCUT2D eigenvalue weighted by Gasteiger charge is -2.42. The molecular weight excluding hydrogens is 258 g/mol. The van der Waals surface area contributed by atoms with Gasteiger partial charge in [-0.05, 0) is 80.9 Å². The minimum Gasteiger partial charge on any atom is -0.378 e. The van der Waals surface area contributed by atoms with Gasteiger partial charge in [-0.15, -0.1) is 0 Å². The molecule has 1 aromatic carbocycles. The Balaban J connectivity index is 1.61. The summed E-state index contributed by atoms with van der Waals surface area (Å²) in [6.45, 7) is 2.96. The monoisotopic (exact) mass is 283 g/mol. The van der Waals surface area contributed by atoms with E-state index in [1.54, 1.807) is 0 Å². The molecule has 0 aliphatic heterocycles. The van der Waals surface area contributed by atoms with Gasteiger partial charge in [0.2, 0.25) is 0 Å². The van der Waals surface area contributed by atoms with Crippen LogP contribution in [0.4, 0.5) is 0 Å². The molecule has 2 nitrogen and oxygen atoms in total. The summed E-state index contributed by atoms with van der Waals surface area (Å²) in [6.07, 6.45) is 8.35. The minimum atomic E-state index is 0.516. The maximum atomic E-state index is 8.90. The first kappa shape index (κ1) is 14.6. The van der Waals surface area contributed by atoms with Gasteiger partial charge in [-0.3, -0.25) is 0 Å². The summed E-state index contributed by atoms with van der Waals surface area (Å²) in [4.78, 5) is 0. The summed E-state index contributed by atoms with van der Waals surface area (Å²) in [5.41, 5.74) is 2.20. The average Bonchev–Trinajstić information content (AvgIpc) is 2.55. The number of hydrogen-bond acceptors (Lipinski definition) is 2. The van der Waals surface area contributed by atoms with Gasteiger partial charge in [0.1, 0.15) is 0 Å². The topological polar surface area (TPSA) is 33.0 Å². The molecule has 0 heterocycles. The van der Waals surface area contributed by atoms with Crippen molar-refractivity contribution >= 4 is 0 Å². The molecule has 0 spiro atoms. The van der Waals surface area contributed by atoms with Gasteiger partial charge in [-0.2, -0.15) is 5.26 Å². The number of nitrogens with zero attached hydrogens (tertiary/aromatic N) is 1. The molecule has 3 rings (SSSR count). The lowest BCUT2D eigenvalue weighted by molar-refractivity contribution is -0.00955. The van der Waals surface area contributed by atoms with Gasteiger partial charge in [-0.1, -0.05) is 12.1 Å². The van der Waals surface area contributed by atoms with E-state index in [0.29, 0.717) is 12.0 Å². The van der Waals surface area contributed by atoms with Crippen molar-refractivity contribution in [3.05, 3.63) is 35.4 Å². The smallest absolute Gasteiger partial charge is 0.0991 e. The number of hydrogen-bond donors (Lipinski definition) is 0. The number of benzene rings is 1. The molecule has 2 saturated carbocycles. The lowest BCUT2D eigenvalue weighted by atomic mass is 9.65. The van der Waals surface area contributed by atoms with E-state index >= 15 is 0 Å². The van der Waals surface area contributed by atoms with Crippen molar-refractivity contribution in [1.29, 1.82) is 5.26 Å². The van der Waals surface area contributed by atoms with Crippen LogP contribution in [0.5, 0.6) is 0 Å². The Kier molecular flexibility index (Phi) is 4.60. The third kappa shape index (κ3) is 3.30. The van der Waals surface area contributed by atoms with Crippen LogP contribution in [-0.2, 0) is 4.74 Å². The zero-order valence-corrected chi connectivity index (χ0v) is 12.9. The quantitative estimate of drug-likeness (QED) is 0.809. The fourth-order valence-corrected chi connectivity index (χ4v) is 4.37. The van der Waals surface area contributed by atoms with Crippen molar-refractivity contribution in [1.82, 2.24) is 0 Å². The van der Waals surface area contributed by atoms with E-state index in [1.807, 2.05) is 12.1 Å². The molecule has 0 bridgehead atoms. The molecule has 4 atom stereocenters. The minimum absolute atomic E-state index is 0.516. The van der Waals surface area contributed by atoms with E-state index in [2.05, 4.69) is 25.1 Å². The van der Waals surface area contributed by atoms with E-state index < -0.39 is 0 Å². The molecule has 2 heteroatoms. The summed E-state index contributed by atoms with van der Waals surface area (Å²) < 4.78 is 5.84. The van der Waals surface area contributed by atoms with Crippen LogP contribution < -0.4 is 0 Å². The third-order valence-corrected chi connectivity index (χ3v) is 5.48. The first-order valence-corrected chi connectivity index (χ1v) is 8.41. The predicted molar refractivity (Wildman–Crippen MR) is 84.0 cm³/mol. The van der Waals surface area contributed by atoms with Crippen molar-refractivity contribution in [3.8, 4) is 6.07 Å². The molecule has 112 valence electrons. The second-order valence-corrected chi connectivity index (χ2v) is 6.65. The standard InChI is InChI=1S/C19H25NO/c1-2-21-19-10-9-17-11-16(7-8-18(17)12-19)15-5-3-14(13-20)4-6-15/h3-6,16-19H,2,7-12H2,1H3. The second-order valence-electron chi connectivity index (χ2n) is 6.65. The van der Waals surface area contributed by atoms with Crippen molar-refractivity contribution in [2.45, 2.75) is 57.5 Å². The second kappa shape index (κ2) is 6.62. The molecule has 21 heavy (non-hydrogen) atoms. The highest BCUT2D eigenvalue weighted by Gasteiger charge is 2.36. The van der Waals surface area contributed by atoms with E-state index in [9.17, 15) is 0 Å². The predicted octanol–water partition coefficient (Wildman–Crippen LogP) is 4.65. The highest BCUT2D eigenvalue weighted by atomic mass is 16.5. The Labute approximate surface area is 128 Å². The lowest BCUT2D eigenvalue weighted by Crippen LogP contribution is -2.33. The van der Waals surface area contributed by atoms with Crippen molar-refractivity contribution in [2.24, 2.45) is 11.8 Å². The maximum absolute atomic E-state index is 8.90. The summed E-state index contributed by atoms with van der Waals surface area (Å²) in [6, 6.07) is 10.5. The molecule has 2 aliphatic carbocycles. The molecule has 0 saturated heterocycles. The summed E-state index contributed by atoms with van der Waals surface area (Å²) in [7, 11) is 0. The van der Waals surface area contributed by atoms with Gasteiger partial charge in [-0.25, -0.2) is 0 Å². The van der Waals surface area contributed by atoms with E-state index in [4.69, 9.17) is 10.00 Å². The Bertz CT molecular complexity index is 501. The van der Waals surface area contributed by atoms with Gasteiger partial charge in [0.25, 0.3) is 0 Å². The van der Waals surface area contributed by atoms with Crippen LogP contribution in [0.1, 0.15) is 62.5 Å². The van der Waals surface area contributed by atoms with Crippen LogP contribution in [0.3, 0.4) is 0 Å². The first-order valence-electron chi connectivity index (χ1n) is 8.41. The van der Waals surface area contributed by atoms with Gasteiger partial charge in [0.05, 0.1) is 17.7 Å². The van der Waals surface area contributed by atoms with Crippen molar-refractivity contribution < 1.29 is 4.74 Å². The number of fused-ring (bicyclic) bond motifs is 1. The molecular formula is C19H25NO. The molecule has 1 aromatic rings. The van der Waals surface area contributed by atoms with Gasteiger partial charge >= 0.3 is 0 Å². The molecule has 0 radical (unpaired) electrons. The Morgan fingerprint density at radius 1 is 1.05 bits per heavy atom. The third-order valence-electron chi connectivity index (χ3n) is 5.48. The van der Waals surface area contributed by atoms with Crippen LogP contribution in [-0.4, -0.2) is 12.7 Å². The first-order chi connectivity index (χ1) is 10.3. The van der Waals surface area contributed by atoms with E-state index in [1.165, 1.54) is 44.1 Å². The van der Waals surface area contributed by atoms with Gasteiger partial charge < -0.3 is 4.74 Å². The molecule has 0 amide bonds. The highest BCUT2D eigenvalue weighted by Crippen LogP contribution is 2.46. The van der Waals surface area contributed by atoms with Crippen LogP contribution in [0.25, 0.3) is 0 Å². The zero-order chi connectivity index (χ0) is 14.7. The molecule has 2 aliphatic rings. The number of nitriles is 1. The summed E-state index contributed by atoms with van der Waals surface area (Å²) >= 11 is 0. The fraction of sp³-hybridized carbons (Fsp3) is 0.632. The van der Waals surface area contributed by atoms with Crippen molar-refractivity contribution in [3.63, 3.8) is 0 Å². The van der Waals surface area contributed by atoms with Gasteiger partial charge in [0.15, 0.2) is 0 Å². The Morgan fingerprint density at radius 3 is 2.48 bits per heavy atom. The van der Waals surface area contributed by atoms with Crippen LogP contribution in [0, 0.1) is 23.2 Å². The molecule has 4 unspecified atom stereocenters. The van der Waals surface area contributed by atoms with Gasteiger partial charge in [0, 0.05) is 6.61 Å². The van der Waals surface area contributed by atoms with Crippen molar-refractivity contribution in [2.75, 3.05) is 6.61 Å². The zero-order valence-electron chi connectivity index (χ0n) is 12.9. The molecule has 0 aromatic heterocycles. The maximum Gasteiger partial charge on any atom is 0.0991 e. The molecule has 2 fully saturated rings. The summed E-state index contributed by atoms with van der Waals surface area (Å²) in [5.74, 6) is 2.46. The van der Waals surface area contributed by atoms with E-state index in [-0.39, 0.29) is 0 Å². The highest BCUT2D eigenvalue weighted by molar-refractivity contribution is 5.33. The van der Waals surface area contributed by atoms with Crippen LogP contribution >= 0.6 is 0 Å². The van der Waals surface area contributed by atoms with Crippen LogP contribution in [0.2, 0.25) is 0 Å². The largest absolute Gasteiger partial charge is 0.378 e. The summed E-state index contributed by atoms with van der Waals surface area (Å²) in [5, 5.41) is 8.90. The Morgan fingerprint density at radius 2 is 1.76 bits per heavy atom. The normalized spacial score (nSPS) is 32.2. The fourth-order valence-electron chi connectivity index (χ4n) is 4.37. The number of ether oxygens (including phenoxy) is 1. The number of rotatable bonds is 3. The average molecular weight is 283 g/mol.